The second kappa shape index (κ2) is 7.43. The van der Waals surface area contributed by atoms with E-state index in [1.165, 1.54) is 38.4 Å². The molecule has 0 aliphatic heterocycles. The lowest BCUT2D eigenvalue weighted by molar-refractivity contribution is -0.0258. The Bertz CT molecular complexity index is 819. The number of benzene rings is 2. The number of amides is 1. The lowest BCUT2D eigenvalue weighted by Crippen LogP contribution is -2.26. The van der Waals surface area contributed by atoms with Gasteiger partial charge in [0.05, 0.1) is 19.1 Å². The van der Waals surface area contributed by atoms with Gasteiger partial charge in [0.25, 0.3) is 15.9 Å². The second-order valence-corrected chi connectivity index (χ2v) is 6.74. The zero-order chi connectivity index (χ0) is 17.7. The van der Waals surface area contributed by atoms with E-state index in [2.05, 4.69) is 5.32 Å². The smallest absolute Gasteiger partial charge is 0.264 e. The minimum atomic E-state index is -3.81. The van der Waals surface area contributed by atoms with Crippen LogP contribution in [0.2, 0.25) is 0 Å². The Morgan fingerprint density at radius 3 is 2.33 bits per heavy atom. The highest BCUT2D eigenvalue weighted by atomic mass is 32.2. The topological polar surface area (TPSA) is 84.9 Å². The van der Waals surface area contributed by atoms with Gasteiger partial charge < -0.3 is 10.1 Å². The van der Waals surface area contributed by atoms with E-state index in [1.807, 2.05) is 0 Å². The fourth-order valence-electron chi connectivity index (χ4n) is 1.92. The minimum Gasteiger partial charge on any atom is -0.497 e. The molecular weight excluding hydrogens is 332 g/mol. The first-order chi connectivity index (χ1) is 11.4. The average Bonchev–Trinajstić information content (AvgIpc) is 2.61. The summed E-state index contributed by atoms with van der Waals surface area (Å²) in [6.07, 6.45) is 0. The number of methoxy groups -OCH3 is 1. The second-order valence-electron chi connectivity index (χ2n) is 4.81. The highest BCUT2D eigenvalue weighted by Gasteiger charge is 2.21. The summed E-state index contributed by atoms with van der Waals surface area (Å²) in [7, 11) is 0.265. The maximum atomic E-state index is 12.3. The van der Waals surface area contributed by atoms with Crippen LogP contribution in [0, 0.1) is 0 Å². The van der Waals surface area contributed by atoms with E-state index in [4.69, 9.17) is 9.57 Å². The molecule has 24 heavy (non-hydrogen) atoms. The number of rotatable bonds is 6. The van der Waals surface area contributed by atoms with Crippen LogP contribution in [-0.4, -0.2) is 40.1 Å². The van der Waals surface area contributed by atoms with E-state index in [1.54, 1.807) is 31.4 Å². The number of carbonyl (C=O) groups excluding carboxylic acids is 1. The molecule has 2 aromatic rings. The molecule has 0 saturated carbocycles. The van der Waals surface area contributed by atoms with Crippen molar-refractivity contribution in [2.24, 2.45) is 0 Å². The van der Waals surface area contributed by atoms with Crippen LogP contribution in [0.3, 0.4) is 0 Å². The van der Waals surface area contributed by atoms with Crippen LogP contribution in [0.1, 0.15) is 10.4 Å². The van der Waals surface area contributed by atoms with Gasteiger partial charge in [-0.1, -0.05) is 10.5 Å². The Hall–Kier alpha value is -2.42. The molecule has 1 N–H and O–H groups in total. The predicted molar refractivity (Wildman–Crippen MR) is 89.3 cm³/mol. The molecule has 0 aliphatic rings. The third kappa shape index (κ3) is 3.91. The fourth-order valence-corrected chi connectivity index (χ4v) is 2.94. The quantitative estimate of drug-likeness (QED) is 0.807. The maximum Gasteiger partial charge on any atom is 0.264 e. The molecule has 0 saturated heterocycles. The van der Waals surface area contributed by atoms with Gasteiger partial charge in [-0.3, -0.25) is 9.63 Å². The lowest BCUT2D eigenvalue weighted by atomic mass is 10.2. The Morgan fingerprint density at radius 2 is 1.75 bits per heavy atom. The molecule has 7 nitrogen and oxygen atoms in total. The highest BCUT2D eigenvalue weighted by molar-refractivity contribution is 7.89. The van der Waals surface area contributed by atoms with Crippen LogP contribution in [0.5, 0.6) is 5.75 Å². The normalized spacial score (nSPS) is 11.3. The summed E-state index contributed by atoms with van der Waals surface area (Å²) in [6, 6.07) is 12.5. The van der Waals surface area contributed by atoms with E-state index >= 15 is 0 Å². The summed E-state index contributed by atoms with van der Waals surface area (Å²) in [6.45, 7) is 0. The van der Waals surface area contributed by atoms with E-state index in [0.29, 0.717) is 11.4 Å². The van der Waals surface area contributed by atoms with Crippen molar-refractivity contribution in [2.45, 2.75) is 4.90 Å². The summed E-state index contributed by atoms with van der Waals surface area (Å²) in [4.78, 5) is 17.0. The summed E-state index contributed by atoms with van der Waals surface area (Å²) >= 11 is 0. The first-order valence-corrected chi connectivity index (χ1v) is 8.41. The van der Waals surface area contributed by atoms with E-state index in [-0.39, 0.29) is 10.5 Å². The number of nitrogens with one attached hydrogen (secondary N) is 1. The molecule has 0 atom stereocenters. The SMILES string of the molecule is COc1ccc(NC(=O)c2cccc(S(=O)(=O)N(C)OC)c2)cc1. The fraction of sp³-hybridized carbons (Fsp3) is 0.188. The minimum absolute atomic E-state index is 0.0331. The highest BCUT2D eigenvalue weighted by Crippen LogP contribution is 2.18. The number of anilines is 1. The zero-order valence-electron chi connectivity index (χ0n) is 13.5. The molecular formula is C16H18N2O5S. The first-order valence-electron chi connectivity index (χ1n) is 6.97. The molecule has 0 spiro atoms. The summed E-state index contributed by atoms with van der Waals surface area (Å²) in [5.41, 5.74) is 0.791. The molecule has 0 radical (unpaired) electrons. The number of hydroxylamine groups is 1. The van der Waals surface area contributed by atoms with Gasteiger partial charge in [-0.05, 0) is 42.5 Å². The van der Waals surface area contributed by atoms with E-state index < -0.39 is 15.9 Å². The third-order valence-corrected chi connectivity index (χ3v) is 5.01. The van der Waals surface area contributed by atoms with Crippen LogP contribution in [0.4, 0.5) is 5.69 Å². The molecule has 0 bridgehead atoms. The van der Waals surface area contributed by atoms with Crippen LogP contribution in [0.25, 0.3) is 0 Å². The third-order valence-electron chi connectivity index (χ3n) is 3.34. The van der Waals surface area contributed by atoms with Gasteiger partial charge in [-0.25, -0.2) is 8.42 Å². The summed E-state index contributed by atoms with van der Waals surface area (Å²) in [5, 5.41) is 2.70. The van der Waals surface area contributed by atoms with Crippen molar-refractivity contribution in [3.8, 4) is 5.75 Å². The lowest BCUT2D eigenvalue weighted by Gasteiger charge is -2.14. The Labute approximate surface area is 140 Å². The molecule has 0 aromatic heterocycles. The van der Waals surface area contributed by atoms with Gasteiger partial charge in [-0.2, -0.15) is 0 Å². The van der Waals surface area contributed by atoms with Gasteiger partial charge in [-0.15, -0.1) is 0 Å². The molecule has 1 amide bonds. The molecule has 128 valence electrons. The first kappa shape index (κ1) is 17.9. The van der Waals surface area contributed by atoms with Crippen molar-refractivity contribution in [3.05, 3.63) is 54.1 Å². The molecule has 0 fully saturated rings. The van der Waals surface area contributed by atoms with E-state index in [9.17, 15) is 13.2 Å². The molecule has 0 heterocycles. The number of sulfonamides is 1. The number of hydrogen-bond acceptors (Lipinski definition) is 5. The Kier molecular flexibility index (Phi) is 5.55. The van der Waals surface area contributed by atoms with E-state index in [0.717, 1.165) is 4.47 Å². The molecule has 2 aromatic carbocycles. The van der Waals surface area contributed by atoms with Crippen molar-refractivity contribution in [1.82, 2.24) is 4.47 Å². The molecule has 0 aliphatic carbocycles. The predicted octanol–water partition coefficient (Wildman–Crippen LogP) is 2.13. The Morgan fingerprint density at radius 1 is 1.08 bits per heavy atom. The molecule has 2 rings (SSSR count). The van der Waals surface area contributed by atoms with Crippen LogP contribution in [0.15, 0.2) is 53.4 Å². The standard InChI is InChI=1S/C16H18N2O5S/c1-18(23-3)24(20,21)15-6-4-5-12(11-15)16(19)17-13-7-9-14(22-2)10-8-13/h4-11H,1-3H3,(H,17,19). The van der Waals surface area contributed by atoms with Gasteiger partial charge >= 0.3 is 0 Å². The van der Waals surface area contributed by atoms with Crippen molar-refractivity contribution < 1.29 is 22.8 Å². The van der Waals surface area contributed by atoms with Gasteiger partial charge in [0.2, 0.25) is 0 Å². The van der Waals surface area contributed by atoms with Crippen LogP contribution >= 0.6 is 0 Å². The van der Waals surface area contributed by atoms with Crippen LogP contribution in [-0.2, 0) is 14.9 Å². The zero-order valence-corrected chi connectivity index (χ0v) is 14.3. The maximum absolute atomic E-state index is 12.3. The number of hydrogen-bond donors (Lipinski definition) is 1. The summed E-state index contributed by atoms with van der Waals surface area (Å²) < 4.78 is 30.2. The number of carbonyl (C=O) groups is 1. The van der Waals surface area contributed by atoms with Gasteiger partial charge in [0.1, 0.15) is 5.75 Å². The average molecular weight is 350 g/mol. The van der Waals surface area contributed by atoms with Gasteiger partial charge in [0, 0.05) is 18.3 Å². The largest absolute Gasteiger partial charge is 0.497 e. The van der Waals surface area contributed by atoms with Crippen LogP contribution < -0.4 is 10.1 Å². The van der Waals surface area contributed by atoms with Crippen molar-refractivity contribution in [3.63, 3.8) is 0 Å². The van der Waals surface area contributed by atoms with Crippen molar-refractivity contribution in [1.29, 1.82) is 0 Å². The molecule has 8 heteroatoms. The van der Waals surface area contributed by atoms with Gasteiger partial charge in [0.15, 0.2) is 0 Å². The molecule has 0 unspecified atom stereocenters. The van der Waals surface area contributed by atoms with Crippen molar-refractivity contribution in [2.75, 3.05) is 26.6 Å². The number of ether oxygens (including phenoxy) is 1. The summed E-state index contributed by atoms with van der Waals surface area (Å²) in [5.74, 6) is 0.251. The van der Waals surface area contributed by atoms with Crippen molar-refractivity contribution >= 4 is 21.6 Å². The Balaban J connectivity index is 2.22. The monoisotopic (exact) mass is 350 g/mol. The number of nitrogens with zero attached hydrogens (tertiary/aromatic N) is 1.